The molecular formula is C16H17N3O2. The van der Waals surface area contributed by atoms with E-state index in [0.29, 0.717) is 18.2 Å². The highest BCUT2D eigenvalue weighted by atomic mass is 16.2. The lowest BCUT2D eigenvalue weighted by molar-refractivity contribution is -0.117. The molecule has 0 spiro atoms. The number of nitriles is 1. The number of nitrogens with one attached hydrogen (secondary N) is 2. The van der Waals surface area contributed by atoms with Gasteiger partial charge in [-0.25, -0.2) is 0 Å². The number of amides is 2. The van der Waals surface area contributed by atoms with Crippen LogP contribution < -0.4 is 10.6 Å². The number of rotatable bonds is 6. The third kappa shape index (κ3) is 5.49. The van der Waals surface area contributed by atoms with E-state index < -0.39 is 0 Å². The lowest BCUT2D eigenvalue weighted by Crippen LogP contribution is -2.20. The van der Waals surface area contributed by atoms with Crippen LogP contribution >= 0.6 is 0 Å². The van der Waals surface area contributed by atoms with Crippen LogP contribution in [0.4, 0.5) is 5.69 Å². The van der Waals surface area contributed by atoms with Gasteiger partial charge in [-0.1, -0.05) is 18.2 Å². The Hall–Kier alpha value is -2.61. The highest BCUT2D eigenvalue weighted by molar-refractivity contribution is 5.92. The van der Waals surface area contributed by atoms with Crippen molar-refractivity contribution < 1.29 is 9.59 Å². The average Bonchev–Trinajstić information content (AvgIpc) is 3.29. The first-order valence-corrected chi connectivity index (χ1v) is 6.89. The van der Waals surface area contributed by atoms with Crippen molar-refractivity contribution in [2.75, 3.05) is 5.32 Å². The number of benzene rings is 1. The van der Waals surface area contributed by atoms with Crippen molar-refractivity contribution >= 4 is 17.5 Å². The standard InChI is InChI=1S/C16H17N3O2/c17-10-9-16(21)19-14-6-3-13(4-7-14)11-18-15(20)8-5-12-1-2-12/h3-8,12H,1-2,9,11H2,(H,18,20)(H,19,21)/b8-5+. The Balaban J connectivity index is 1.77. The molecular weight excluding hydrogens is 266 g/mol. The highest BCUT2D eigenvalue weighted by Crippen LogP contribution is 2.29. The molecule has 2 N–H and O–H groups in total. The predicted molar refractivity (Wildman–Crippen MR) is 79.0 cm³/mol. The van der Waals surface area contributed by atoms with Gasteiger partial charge in [-0.3, -0.25) is 9.59 Å². The maximum Gasteiger partial charge on any atom is 0.243 e. The van der Waals surface area contributed by atoms with E-state index in [1.165, 1.54) is 12.8 Å². The van der Waals surface area contributed by atoms with Crippen molar-refractivity contribution in [1.29, 1.82) is 5.26 Å². The van der Waals surface area contributed by atoms with Gasteiger partial charge in [0, 0.05) is 12.2 Å². The molecule has 1 aliphatic rings. The molecule has 0 heterocycles. The van der Waals surface area contributed by atoms with Crippen LogP contribution in [0.5, 0.6) is 0 Å². The monoisotopic (exact) mass is 283 g/mol. The van der Waals surface area contributed by atoms with Gasteiger partial charge in [0.15, 0.2) is 0 Å². The Morgan fingerprint density at radius 3 is 2.62 bits per heavy atom. The molecule has 108 valence electrons. The van der Waals surface area contributed by atoms with E-state index in [9.17, 15) is 9.59 Å². The number of anilines is 1. The third-order valence-electron chi connectivity index (χ3n) is 3.09. The maximum absolute atomic E-state index is 11.5. The molecule has 1 saturated carbocycles. The molecule has 2 rings (SSSR count). The molecule has 0 aliphatic heterocycles. The minimum Gasteiger partial charge on any atom is -0.348 e. The largest absolute Gasteiger partial charge is 0.348 e. The fourth-order valence-electron chi connectivity index (χ4n) is 1.74. The second-order valence-corrected chi connectivity index (χ2v) is 4.99. The second kappa shape index (κ2) is 7.25. The summed E-state index contributed by atoms with van der Waals surface area (Å²) in [5, 5.41) is 13.8. The van der Waals surface area contributed by atoms with Crippen LogP contribution in [-0.2, 0) is 16.1 Å². The quantitative estimate of drug-likeness (QED) is 0.784. The molecule has 5 nitrogen and oxygen atoms in total. The molecule has 1 fully saturated rings. The summed E-state index contributed by atoms with van der Waals surface area (Å²) >= 11 is 0. The zero-order chi connectivity index (χ0) is 15.1. The van der Waals surface area contributed by atoms with Gasteiger partial charge in [0.1, 0.15) is 6.42 Å². The molecule has 0 bridgehead atoms. The molecule has 21 heavy (non-hydrogen) atoms. The van der Waals surface area contributed by atoms with Crippen LogP contribution in [0.3, 0.4) is 0 Å². The maximum atomic E-state index is 11.5. The highest BCUT2D eigenvalue weighted by Gasteiger charge is 2.17. The van der Waals surface area contributed by atoms with Crippen molar-refractivity contribution in [3.05, 3.63) is 42.0 Å². The van der Waals surface area contributed by atoms with Gasteiger partial charge in [0.2, 0.25) is 11.8 Å². The number of carbonyl (C=O) groups is 2. The van der Waals surface area contributed by atoms with Gasteiger partial charge in [0.25, 0.3) is 0 Å². The van der Waals surface area contributed by atoms with Crippen molar-refractivity contribution in [3.63, 3.8) is 0 Å². The van der Waals surface area contributed by atoms with E-state index in [0.717, 1.165) is 5.56 Å². The Bertz CT molecular complexity index is 581. The fourth-order valence-corrected chi connectivity index (χ4v) is 1.74. The van der Waals surface area contributed by atoms with Crippen LogP contribution in [0.1, 0.15) is 24.8 Å². The number of nitrogens with zero attached hydrogens (tertiary/aromatic N) is 1. The molecule has 5 heteroatoms. The Labute approximate surface area is 123 Å². The summed E-state index contributed by atoms with van der Waals surface area (Å²) in [6, 6.07) is 8.94. The summed E-state index contributed by atoms with van der Waals surface area (Å²) in [6.07, 6.45) is 5.74. The number of hydrogen-bond acceptors (Lipinski definition) is 3. The summed E-state index contributed by atoms with van der Waals surface area (Å²) in [4.78, 5) is 22.8. The number of hydrogen-bond donors (Lipinski definition) is 2. The Kier molecular flexibility index (Phi) is 5.10. The third-order valence-corrected chi connectivity index (χ3v) is 3.09. The van der Waals surface area contributed by atoms with Crippen LogP contribution in [-0.4, -0.2) is 11.8 Å². The normalized spacial score (nSPS) is 13.7. The van der Waals surface area contributed by atoms with Gasteiger partial charge >= 0.3 is 0 Å². The Morgan fingerprint density at radius 1 is 1.29 bits per heavy atom. The average molecular weight is 283 g/mol. The lowest BCUT2D eigenvalue weighted by atomic mass is 10.2. The van der Waals surface area contributed by atoms with Crippen molar-refractivity contribution in [2.24, 2.45) is 5.92 Å². The van der Waals surface area contributed by atoms with Gasteiger partial charge < -0.3 is 10.6 Å². The van der Waals surface area contributed by atoms with E-state index in [1.807, 2.05) is 18.2 Å². The molecule has 0 radical (unpaired) electrons. The first-order chi connectivity index (χ1) is 10.2. The van der Waals surface area contributed by atoms with E-state index in [2.05, 4.69) is 10.6 Å². The summed E-state index contributed by atoms with van der Waals surface area (Å²) < 4.78 is 0. The van der Waals surface area contributed by atoms with E-state index in [4.69, 9.17) is 5.26 Å². The second-order valence-electron chi connectivity index (χ2n) is 4.99. The van der Waals surface area contributed by atoms with E-state index in [-0.39, 0.29) is 18.2 Å². The molecule has 0 saturated heterocycles. The van der Waals surface area contributed by atoms with Crippen LogP contribution in [0, 0.1) is 17.2 Å². The van der Waals surface area contributed by atoms with Crippen LogP contribution in [0.25, 0.3) is 0 Å². The summed E-state index contributed by atoms with van der Waals surface area (Å²) in [5.74, 6) is 0.170. The summed E-state index contributed by atoms with van der Waals surface area (Å²) in [5.41, 5.74) is 1.58. The summed E-state index contributed by atoms with van der Waals surface area (Å²) in [7, 11) is 0. The zero-order valence-corrected chi connectivity index (χ0v) is 11.6. The van der Waals surface area contributed by atoms with E-state index in [1.54, 1.807) is 24.3 Å². The molecule has 0 aromatic heterocycles. The van der Waals surface area contributed by atoms with Crippen LogP contribution in [0.2, 0.25) is 0 Å². The minimum absolute atomic E-state index is 0.0895. The molecule has 2 amide bonds. The number of carbonyl (C=O) groups excluding carboxylic acids is 2. The number of allylic oxidation sites excluding steroid dienone is 1. The summed E-state index contributed by atoms with van der Waals surface area (Å²) in [6.45, 7) is 0.445. The smallest absolute Gasteiger partial charge is 0.243 e. The molecule has 1 aromatic rings. The van der Waals surface area contributed by atoms with Gasteiger partial charge in [0.05, 0.1) is 6.07 Å². The zero-order valence-electron chi connectivity index (χ0n) is 11.6. The van der Waals surface area contributed by atoms with Crippen LogP contribution in [0.15, 0.2) is 36.4 Å². The fraction of sp³-hybridized carbons (Fsp3) is 0.312. The molecule has 0 unspecified atom stereocenters. The van der Waals surface area contributed by atoms with Gasteiger partial charge in [-0.2, -0.15) is 5.26 Å². The first kappa shape index (κ1) is 14.8. The van der Waals surface area contributed by atoms with Crippen molar-refractivity contribution in [2.45, 2.75) is 25.8 Å². The SMILES string of the molecule is N#CCC(=O)Nc1ccc(CNC(=O)/C=C/C2CC2)cc1. The first-order valence-electron chi connectivity index (χ1n) is 6.89. The minimum atomic E-state index is -0.330. The molecule has 1 aliphatic carbocycles. The Morgan fingerprint density at radius 2 is 2.00 bits per heavy atom. The molecule has 1 aromatic carbocycles. The van der Waals surface area contributed by atoms with Gasteiger partial charge in [-0.15, -0.1) is 0 Å². The van der Waals surface area contributed by atoms with Gasteiger partial charge in [-0.05, 0) is 42.5 Å². The topological polar surface area (TPSA) is 82.0 Å². The van der Waals surface area contributed by atoms with Crippen molar-refractivity contribution in [3.8, 4) is 6.07 Å². The molecule has 0 atom stereocenters. The van der Waals surface area contributed by atoms with E-state index >= 15 is 0 Å². The van der Waals surface area contributed by atoms with Crippen molar-refractivity contribution in [1.82, 2.24) is 5.32 Å². The predicted octanol–water partition coefficient (Wildman–Crippen LogP) is 2.12. The lowest BCUT2D eigenvalue weighted by Gasteiger charge is -2.05.